The first-order valence-electron chi connectivity index (χ1n) is 5.23. The largest absolute Gasteiger partial charge is 0.342 e. The summed E-state index contributed by atoms with van der Waals surface area (Å²) in [4.78, 5) is 13.4. The highest BCUT2D eigenvalue weighted by Gasteiger charge is 2.08. The maximum absolute atomic E-state index is 11.8. The predicted octanol–water partition coefficient (Wildman–Crippen LogP) is 1.09. The van der Waals surface area contributed by atoms with Crippen LogP contribution in [-0.2, 0) is 0 Å². The lowest BCUT2D eigenvalue weighted by atomic mass is 10.1. The van der Waals surface area contributed by atoms with Gasteiger partial charge in [-0.3, -0.25) is 4.79 Å². The van der Waals surface area contributed by atoms with E-state index >= 15 is 0 Å². The zero-order chi connectivity index (χ0) is 12.0. The minimum Gasteiger partial charge on any atom is -0.342 e. The molecule has 0 bridgehead atoms. The lowest BCUT2D eigenvalue weighted by Gasteiger charge is -2.14. The van der Waals surface area contributed by atoms with Gasteiger partial charge in [-0.05, 0) is 31.2 Å². The summed E-state index contributed by atoms with van der Waals surface area (Å²) in [5, 5.41) is 0. The SMILES string of the molecule is CCN(C)C(=O)c1ccc(C#CCN)cc1. The molecule has 0 spiro atoms. The molecule has 0 saturated heterocycles. The zero-order valence-corrected chi connectivity index (χ0v) is 9.66. The molecule has 1 amide bonds. The Balaban J connectivity index is 2.82. The topological polar surface area (TPSA) is 46.3 Å². The Labute approximate surface area is 96.2 Å². The van der Waals surface area contributed by atoms with E-state index in [4.69, 9.17) is 5.73 Å². The predicted molar refractivity (Wildman–Crippen MR) is 65.0 cm³/mol. The number of nitrogens with two attached hydrogens (primary N) is 1. The second-order valence-corrected chi connectivity index (χ2v) is 3.40. The summed E-state index contributed by atoms with van der Waals surface area (Å²) >= 11 is 0. The van der Waals surface area contributed by atoms with Crippen molar-refractivity contribution >= 4 is 5.91 Å². The summed E-state index contributed by atoms with van der Waals surface area (Å²) in [5.41, 5.74) is 6.84. The third-order valence-corrected chi connectivity index (χ3v) is 2.29. The quantitative estimate of drug-likeness (QED) is 0.752. The van der Waals surface area contributed by atoms with Gasteiger partial charge in [0.05, 0.1) is 6.54 Å². The van der Waals surface area contributed by atoms with Crippen LogP contribution in [0.1, 0.15) is 22.8 Å². The Morgan fingerprint density at radius 3 is 2.50 bits per heavy atom. The van der Waals surface area contributed by atoms with Crippen molar-refractivity contribution in [2.75, 3.05) is 20.1 Å². The summed E-state index contributed by atoms with van der Waals surface area (Å²) in [6.07, 6.45) is 0. The van der Waals surface area contributed by atoms with E-state index in [1.165, 1.54) is 0 Å². The molecule has 0 aliphatic heterocycles. The van der Waals surface area contributed by atoms with Crippen molar-refractivity contribution in [1.82, 2.24) is 4.90 Å². The summed E-state index contributed by atoms with van der Waals surface area (Å²) in [5.74, 6) is 5.71. The van der Waals surface area contributed by atoms with Crippen LogP contribution >= 0.6 is 0 Å². The van der Waals surface area contributed by atoms with E-state index in [0.29, 0.717) is 18.7 Å². The number of nitrogens with zero attached hydrogens (tertiary/aromatic N) is 1. The van der Waals surface area contributed by atoms with Gasteiger partial charge in [0.2, 0.25) is 0 Å². The monoisotopic (exact) mass is 216 g/mol. The van der Waals surface area contributed by atoms with Crippen LogP contribution < -0.4 is 5.73 Å². The minimum atomic E-state index is 0.0286. The molecular formula is C13H16N2O. The Morgan fingerprint density at radius 2 is 2.00 bits per heavy atom. The number of amides is 1. The maximum atomic E-state index is 11.8. The fourth-order valence-electron chi connectivity index (χ4n) is 1.21. The molecule has 0 radical (unpaired) electrons. The average Bonchev–Trinajstić information content (AvgIpc) is 2.35. The number of hydrogen-bond acceptors (Lipinski definition) is 2. The lowest BCUT2D eigenvalue weighted by Crippen LogP contribution is -2.26. The highest BCUT2D eigenvalue weighted by Crippen LogP contribution is 2.06. The van der Waals surface area contributed by atoms with Gasteiger partial charge in [0.15, 0.2) is 0 Å². The van der Waals surface area contributed by atoms with Gasteiger partial charge in [0.1, 0.15) is 0 Å². The van der Waals surface area contributed by atoms with Crippen molar-refractivity contribution in [3.63, 3.8) is 0 Å². The summed E-state index contributed by atoms with van der Waals surface area (Å²) in [6, 6.07) is 7.24. The van der Waals surface area contributed by atoms with E-state index in [1.54, 1.807) is 24.1 Å². The molecule has 1 rings (SSSR count). The van der Waals surface area contributed by atoms with Gasteiger partial charge in [-0.1, -0.05) is 11.8 Å². The van der Waals surface area contributed by atoms with Crippen LogP contribution in [0.3, 0.4) is 0 Å². The zero-order valence-electron chi connectivity index (χ0n) is 9.66. The van der Waals surface area contributed by atoms with Gasteiger partial charge in [-0.15, -0.1) is 0 Å². The van der Waals surface area contributed by atoms with Gasteiger partial charge in [0, 0.05) is 24.7 Å². The van der Waals surface area contributed by atoms with E-state index in [-0.39, 0.29) is 5.91 Å². The molecule has 0 saturated carbocycles. The van der Waals surface area contributed by atoms with Crippen molar-refractivity contribution < 1.29 is 4.79 Å². The molecule has 0 atom stereocenters. The molecule has 0 unspecified atom stereocenters. The van der Waals surface area contributed by atoms with Crippen molar-refractivity contribution in [3.8, 4) is 11.8 Å². The standard InChI is InChI=1S/C13H16N2O/c1-3-15(2)13(16)12-8-6-11(7-9-12)5-4-10-14/h6-9H,3,10,14H2,1-2H3. The van der Waals surface area contributed by atoms with E-state index in [0.717, 1.165) is 5.56 Å². The second-order valence-electron chi connectivity index (χ2n) is 3.40. The first kappa shape index (κ1) is 12.3. The number of carbonyl (C=O) groups excluding carboxylic acids is 1. The van der Waals surface area contributed by atoms with Gasteiger partial charge < -0.3 is 10.6 Å². The lowest BCUT2D eigenvalue weighted by molar-refractivity contribution is 0.0802. The minimum absolute atomic E-state index is 0.0286. The molecule has 3 nitrogen and oxygen atoms in total. The summed E-state index contributed by atoms with van der Waals surface area (Å²) in [7, 11) is 1.78. The Bertz CT molecular complexity index is 412. The number of rotatable bonds is 2. The molecule has 1 aromatic carbocycles. The van der Waals surface area contributed by atoms with Gasteiger partial charge >= 0.3 is 0 Å². The molecule has 3 heteroatoms. The Kier molecular flexibility index (Phi) is 4.56. The average molecular weight is 216 g/mol. The first-order chi connectivity index (χ1) is 7.69. The highest BCUT2D eigenvalue weighted by atomic mass is 16.2. The van der Waals surface area contributed by atoms with Crippen molar-refractivity contribution in [2.24, 2.45) is 5.73 Å². The van der Waals surface area contributed by atoms with Gasteiger partial charge in [-0.2, -0.15) is 0 Å². The third kappa shape index (κ3) is 3.11. The first-order valence-corrected chi connectivity index (χ1v) is 5.23. The van der Waals surface area contributed by atoms with Crippen LogP contribution in [0, 0.1) is 11.8 Å². The highest BCUT2D eigenvalue weighted by molar-refractivity contribution is 5.94. The van der Waals surface area contributed by atoms with Crippen molar-refractivity contribution in [3.05, 3.63) is 35.4 Å². The normalized spacial score (nSPS) is 9.19. The molecular weight excluding hydrogens is 200 g/mol. The molecule has 0 aliphatic rings. The summed E-state index contributed by atoms with van der Waals surface area (Å²) < 4.78 is 0. The van der Waals surface area contributed by atoms with Crippen LogP contribution in [0.5, 0.6) is 0 Å². The summed E-state index contributed by atoms with van der Waals surface area (Å²) in [6.45, 7) is 2.99. The van der Waals surface area contributed by atoms with E-state index < -0.39 is 0 Å². The fraction of sp³-hybridized carbons (Fsp3) is 0.308. The number of benzene rings is 1. The molecule has 2 N–H and O–H groups in total. The van der Waals surface area contributed by atoms with Crippen LogP contribution in [-0.4, -0.2) is 30.9 Å². The number of hydrogen-bond donors (Lipinski definition) is 1. The number of carbonyl (C=O) groups is 1. The smallest absolute Gasteiger partial charge is 0.253 e. The van der Waals surface area contributed by atoms with Crippen LogP contribution in [0.15, 0.2) is 24.3 Å². The van der Waals surface area contributed by atoms with E-state index in [9.17, 15) is 4.79 Å². The van der Waals surface area contributed by atoms with Crippen molar-refractivity contribution in [2.45, 2.75) is 6.92 Å². The maximum Gasteiger partial charge on any atom is 0.253 e. The second kappa shape index (κ2) is 5.94. The van der Waals surface area contributed by atoms with E-state index in [2.05, 4.69) is 11.8 Å². The molecule has 0 aliphatic carbocycles. The molecule has 84 valence electrons. The Hall–Kier alpha value is -1.79. The van der Waals surface area contributed by atoms with Gasteiger partial charge in [0.25, 0.3) is 5.91 Å². The molecule has 0 fully saturated rings. The molecule has 16 heavy (non-hydrogen) atoms. The van der Waals surface area contributed by atoms with E-state index in [1.807, 2.05) is 19.1 Å². The molecule has 1 aromatic rings. The van der Waals surface area contributed by atoms with Gasteiger partial charge in [-0.25, -0.2) is 0 Å². The molecule has 0 heterocycles. The Morgan fingerprint density at radius 1 is 1.38 bits per heavy atom. The van der Waals surface area contributed by atoms with Crippen molar-refractivity contribution in [1.29, 1.82) is 0 Å². The third-order valence-electron chi connectivity index (χ3n) is 2.29. The molecule has 0 aromatic heterocycles. The van der Waals surface area contributed by atoms with Crippen LogP contribution in [0.25, 0.3) is 0 Å². The van der Waals surface area contributed by atoms with Crippen LogP contribution in [0.2, 0.25) is 0 Å². The van der Waals surface area contributed by atoms with Crippen LogP contribution in [0.4, 0.5) is 0 Å². The fourth-order valence-corrected chi connectivity index (χ4v) is 1.21.